The minimum Gasteiger partial charge on any atom is -0.493 e. The van der Waals surface area contributed by atoms with Gasteiger partial charge >= 0.3 is 0 Å². The number of H-pyrrole nitrogens is 1. The number of hydrogen-bond donors (Lipinski definition) is 1. The average Bonchev–Trinajstić information content (AvgIpc) is 3.23. The lowest BCUT2D eigenvalue weighted by Gasteiger charge is -2.40. The average molecular weight is 436 g/mol. The number of rotatable bonds is 4. The highest BCUT2D eigenvalue weighted by molar-refractivity contribution is 5.85. The molecule has 0 fully saturated rings. The molecule has 0 spiro atoms. The fourth-order valence-electron chi connectivity index (χ4n) is 5.32. The van der Waals surface area contributed by atoms with Crippen LogP contribution in [0.5, 0.6) is 11.5 Å². The molecule has 4 aromatic rings. The summed E-state index contributed by atoms with van der Waals surface area (Å²) >= 11 is 0. The Kier molecular flexibility index (Phi) is 4.82. The third-order valence-electron chi connectivity index (χ3n) is 7.03. The number of hydrogen-bond acceptors (Lipinski definition) is 4. The first-order chi connectivity index (χ1) is 16.2. The van der Waals surface area contributed by atoms with E-state index >= 15 is 0 Å². The molecule has 0 aliphatic carbocycles. The van der Waals surface area contributed by atoms with Crippen molar-refractivity contribution >= 4 is 10.9 Å². The highest BCUT2D eigenvalue weighted by Gasteiger charge is 2.34. The molecule has 5 nitrogen and oxygen atoms in total. The maximum Gasteiger partial charge on any atom is 0.161 e. The number of fused-ring (bicyclic) bond motifs is 6. The summed E-state index contributed by atoms with van der Waals surface area (Å²) in [5, 5.41) is 10.3. The van der Waals surface area contributed by atoms with E-state index in [4.69, 9.17) is 14.7 Å². The van der Waals surface area contributed by atoms with Gasteiger partial charge in [0.25, 0.3) is 0 Å². The Labute approximate surface area is 193 Å². The summed E-state index contributed by atoms with van der Waals surface area (Å²) in [4.78, 5) is 6.22. The molecule has 3 heterocycles. The van der Waals surface area contributed by atoms with Gasteiger partial charge in [0.15, 0.2) is 11.5 Å². The Balaban J connectivity index is 1.30. The molecule has 1 aromatic heterocycles. The van der Waals surface area contributed by atoms with Gasteiger partial charge in [-0.1, -0.05) is 30.3 Å². The molecule has 0 saturated carbocycles. The van der Waals surface area contributed by atoms with E-state index in [9.17, 15) is 0 Å². The summed E-state index contributed by atoms with van der Waals surface area (Å²) in [6.45, 7) is 2.43. The largest absolute Gasteiger partial charge is 0.493 e. The number of nitrogens with one attached hydrogen (secondary N) is 1. The number of aromatic nitrogens is 1. The van der Waals surface area contributed by atoms with E-state index in [1.54, 1.807) is 7.11 Å². The fraction of sp³-hybridized carbons (Fsp3) is 0.250. The quantitative estimate of drug-likeness (QED) is 0.474. The van der Waals surface area contributed by atoms with Gasteiger partial charge in [0, 0.05) is 35.7 Å². The van der Waals surface area contributed by atoms with Crippen LogP contribution in [0.25, 0.3) is 10.9 Å². The van der Waals surface area contributed by atoms with Gasteiger partial charge in [-0.25, -0.2) is 0 Å². The van der Waals surface area contributed by atoms with Crippen molar-refractivity contribution in [3.63, 3.8) is 0 Å². The molecule has 3 aromatic carbocycles. The predicted octanol–water partition coefficient (Wildman–Crippen LogP) is 5.28. The zero-order chi connectivity index (χ0) is 22.4. The monoisotopic (exact) mass is 435 g/mol. The Morgan fingerprint density at radius 3 is 2.76 bits per heavy atom. The van der Waals surface area contributed by atoms with Gasteiger partial charge in [-0.2, -0.15) is 5.26 Å². The highest BCUT2D eigenvalue weighted by atomic mass is 16.5. The van der Waals surface area contributed by atoms with Crippen molar-refractivity contribution in [3.8, 4) is 17.6 Å². The van der Waals surface area contributed by atoms with Crippen LogP contribution in [0.3, 0.4) is 0 Å². The molecule has 6 rings (SSSR count). The first-order valence-corrected chi connectivity index (χ1v) is 11.4. The number of benzene rings is 3. The molecule has 5 heteroatoms. The van der Waals surface area contributed by atoms with Crippen LogP contribution < -0.4 is 9.47 Å². The zero-order valence-electron chi connectivity index (χ0n) is 18.6. The Morgan fingerprint density at radius 2 is 1.94 bits per heavy atom. The van der Waals surface area contributed by atoms with Crippen molar-refractivity contribution in [2.45, 2.75) is 32.0 Å². The maximum absolute atomic E-state index is 8.99. The second-order valence-electron chi connectivity index (χ2n) is 8.87. The van der Waals surface area contributed by atoms with E-state index in [1.165, 1.54) is 33.3 Å². The van der Waals surface area contributed by atoms with Crippen molar-refractivity contribution in [2.75, 3.05) is 13.7 Å². The predicted molar refractivity (Wildman–Crippen MR) is 127 cm³/mol. The van der Waals surface area contributed by atoms with E-state index < -0.39 is 0 Å². The zero-order valence-corrected chi connectivity index (χ0v) is 18.6. The van der Waals surface area contributed by atoms with Crippen LogP contribution in [0.4, 0.5) is 0 Å². The van der Waals surface area contributed by atoms with Crippen molar-refractivity contribution in [2.24, 2.45) is 0 Å². The lowest BCUT2D eigenvalue weighted by Crippen LogP contribution is -2.39. The summed E-state index contributed by atoms with van der Waals surface area (Å²) in [5.74, 6) is 1.55. The second-order valence-corrected chi connectivity index (χ2v) is 8.87. The van der Waals surface area contributed by atoms with Gasteiger partial charge in [-0.05, 0) is 65.4 Å². The molecule has 1 N–H and O–H groups in total. The van der Waals surface area contributed by atoms with E-state index in [0.717, 1.165) is 43.0 Å². The SMILES string of the molecule is COc1cc2c(cc1OCc1ccc(C#N)cc1)CCN1Cc3[nH]c4ccccc4c3CC21. The molecule has 0 amide bonds. The van der Waals surface area contributed by atoms with Gasteiger partial charge < -0.3 is 14.5 Å². The van der Waals surface area contributed by atoms with Gasteiger partial charge in [0.05, 0.1) is 18.7 Å². The smallest absolute Gasteiger partial charge is 0.161 e. The number of para-hydroxylation sites is 1. The van der Waals surface area contributed by atoms with Crippen LogP contribution >= 0.6 is 0 Å². The normalized spacial score (nSPS) is 17.0. The molecule has 0 bridgehead atoms. The minimum absolute atomic E-state index is 0.349. The number of nitrogens with zero attached hydrogens (tertiary/aromatic N) is 2. The van der Waals surface area contributed by atoms with Gasteiger partial charge in [-0.15, -0.1) is 0 Å². The summed E-state index contributed by atoms with van der Waals surface area (Å²) in [5.41, 5.74) is 8.39. The van der Waals surface area contributed by atoms with Crippen LogP contribution in [0.1, 0.15) is 39.6 Å². The fourth-order valence-corrected chi connectivity index (χ4v) is 5.32. The van der Waals surface area contributed by atoms with Crippen LogP contribution in [0.15, 0.2) is 60.7 Å². The van der Waals surface area contributed by atoms with Crippen LogP contribution in [0, 0.1) is 11.3 Å². The first-order valence-electron chi connectivity index (χ1n) is 11.4. The summed E-state index contributed by atoms with van der Waals surface area (Å²) in [6.07, 6.45) is 2.00. The summed E-state index contributed by atoms with van der Waals surface area (Å²) in [7, 11) is 1.70. The van der Waals surface area contributed by atoms with E-state index in [1.807, 2.05) is 24.3 Å². The number of aromatic amines is 1. The number of nitriles is 1. The third-order valence-corrected chi connectivity index (χ3v) is 7.03. The molecule has 164 valence electrons. The lowest BCUT2D eigenvalue weighted by atomic mass is 9.85. The van der Waals surface area contributed by atoms with E-state index in [2.05, 4.69) is 52.4 Å². The molecule has 2 aliphatic heterocycles. The molecule has 1 unspecified atom stereocenters. The first kappa shape index (κ1) is 19.9. The maximum atomic E-state index is 8.99. The summed E-state index contributed by atoms with van der Waals surface area (Å²) < 4.78 is 11.9. The van der Waals surface area contributed by atoms with Crippen LogP contribution in [-0.4, -0.2) is 23.5 Å². The topological polar surface area (TPSA) is 61.3 Å². The molecule has 0 saturated heterocycles. The van der Waals surface area contributed by atoms with Crippen LogP contribution in [-0.2, 0) is 26.0 Å². The summed E-state index contributed by atoms with van der Waals surface area (Å²) in [6, 6.07) is 23.0. The standard InChI is InChI=1S/C28H25N3O2/c1-32-27-14-22-20(12-28(27)33-17-19-8-6-18(15-29)7-9-19)10-11-31-16-25-23(13-26(22)31)21-4-2-3-5-24(21)30-25/h2-9,12,14,26,30H,10-11,13,16-17H2,1H3. The van der Waals surface area contributed by atoms with Crippen molar-refractivity contribution in [3.05, 3.63) is 94.2 Å². The van der Waals surface area contributed by atoms with Crippen molar-refractivity contribution in [1.82, 2.24) is 9.88 Å². The molecular formula is C28H25N3O2. The molecule has 33 heavy (non-hydrogen) atoms. The van der Waals surface area contributed by atoms with Gasteiger partial charge in [-0.3, -0.25) is 4.90 Å². The minimum atomic E-state index is 0.349. The molecule has 0 radical (unpaired) electrons. The van der Waals surface area contributed by atoms with Gasteiger partial charge in [0.2, 0.25) is 0 Å². The Morgan fingerprint density at radius 1 is 1.09 bits per heavy atom. The number of methoxy groups -OCH3 is 1. The third kappa shape index (κ3) is 3.44. The Bertz CT molecular complexity index is 1380. The Hall–Kier alpha value is -3.75. The molecular weight excluding hydrogens is 410 g/mol. The van der Waals surface area contributed by atoms with Crippen LogP contribution in [0.2, 0.25) is 0 Å². The van der Waals surface area contributed by atoms with Crippen molar-refractivity contribution in [1.29, 1.82) is 5.26 Å². The molecule has 1 atom stereocenters. The van der Waals surface area contributed by atoms with Gasteiger partial charge in [0.1, 0.15) is 6.61 Å². The number of ether oxygens (including phenoxy) is 2. The molecule has 2 aliphatic rings. The highest BCUT2D eigenvalue weighted by Crippen LogP contribution is 2.43. The van der Waals surface area contributed by atoms with Crippen molar-refractivity contribution < 1.29 is 9.47 Å². The second kappa shape index (κ2) is 7.99. The van der Waals surface area contributed by atoms with E-state index in [0.29, 0.717) is 18.2 Å². The van der Waals surface area contributed by atoms with E-state index in [-0.39, 0.29) is 0 Å². The lowest BCUT2D eigenvalue weighted by molar-refractivity contribution is 0.158.